The van der Waals surface area contributed by atoms with Gasteiger partial charge in [-0.05, 0) is 24.3 Å². The molecule has 0 amide bonds. The summed E-state index contributed by atoms with van der Waals surface area (Å²) in [6.07, 6.45) is 1.75. The molecular formula is C14H12ClN3O. The third-order valence-corrected chi connectivity index (χ3v) is 3.16. The van der Waals surface area contributed by atoms with Crippen LogP contribution in [0, 0.1) is 0 Å². The predicted molar refractivity (Wildman–Crippen MR) is 75.0 cm³/mol. The monoisotopic (exact) mass is 273 g/mol. The lowest BCUT2D eigenvalue weighted by Gasteiger charge is -2.08. The van der Waals surface area contributed by atoms with E-state index in [1.807, 2.05) is 41.0 Å². The Bertz CT molecular complexity index is 724. The van der Waals surface area contributed by atoms with Gasteiger partial charge in [0, 0.05) is 12.3 Å². The van der Waals surface area contributed by atoms with Crippen LogP contribution in [0.4, 0.5) is 0 Å². The molecule has 0 atom stereocenters. The second kappa shape index (κ2) is 4.90. The topological polar surface area (TPSA) is 39.9 Å². The molecule has 0 N–H and O–H groups in total. The maximum Gasteiger partial charge on any atom is 0.164 e. The zero-order valence-electron chi connectivity index (χ0n) is 10.4. The third kappa shape index (κ3) is 2.04. The zero-order chi connectivity index (χ0) is 13.2. The Balaban J connectivity index is 2.27. The quantitative estimate of drug-likeness (QED) is 0.688. The minimum atomic E-state index is 0.327. The number of methoxy groups -OCH3 is 1. The Morgan fingerprint density at radius 1 is 1.26 bits per heavy atom. The molecular weight excluding hydrogens is 262 g/mol. The average Bonchev–Trinajstić information content (AvgIpc) is 2.85. The standard InChI is InChI=1S/C14H12ClN3O/c1-19-11-5-2-4-10(8-11)18-13(9-15)17-12-6-3-7-16-14(12)18/h2-8H,9H2,1H3. The van der Waals surface area contributed by atoms with E-state index >= 15 is 0 Å². The number of rotatable bonds is 3. The molecule has 0 saturated heterocycles. The van der Waals surface area contributed by atoms with Crippen molar-refractivity contribution in [1.82, 2.24) is 14.5 Å². The van der Waals surface area contributed by atoms with E-state index in [1.165, 1.54) is 0 Å². The van der Waals surface area contributed by atoms with Gasteiger partial charge in [-0.15, -0.1) is 11.6 Å². The van der Waals surface area contributed by atoms with Gasteiger partial charge < -0.3 is 4.74 Å². The Hall–Kier alpha value is -2.07. The van der Waals surface area contributed by atoms with Crippen molar-refractivity contribution in [1.29, 1.82) is 0 Å². The third-order valence-electron chi connectivity index (χ3n) is 2.92. The van der Waals surface area contributed by atoms with Crippen LogP contribution in [0.1, 0.15) is 5.82 Å². The number of halogens is 1. The second-order valence-electron chi connectivity index (χ2n) is 4.04. The first-order chi connectivity index (χ1) is 9.33. The highest BCUT2D eigenvalue weighted by molar-refractivity contribution is 6.16. The van der Waals surface area contributed by atoms with Crippen LogP contribution in [0.3, 0.4) is 0 Å². The lowest BCUT2D eigenvalue weighted by Crippen LogP contribution is -2.00. The van der Waals surface area contributed by atoms with Crippen molar-refractivity contribution in [2.75, 3.05) is 7.11 Å². The number of hydrogen-bond donors (Lipinski definition) is 0. The van der Waals surface area contributed by atoms with Crippen LogP contribution in [-0.2, 0) is 5.88 Å². The van der Waals surface area contributed by atoms with Crippen LogP contribution >= 0.6 is 11.6 Å². The van der Waals surface area contributed by atoms with E-state index in [4.69, 9.17) is 16.3 Å². The molecule has 1 aromatic carbocycles. The summed E-state index contributed by atoms with van der Waals surface area (Å²) >= 11 is 5.98. The fraction of sp³-hybridized carbons (Fsp3) is 0.143. The number of hydrogen-bond acceptors (Lipinski definition) is 3. The van der Waals surface area contributed by atoms with Crippen molar-refractivity contribution < 1.29 is 4.74 Å². The van der Waals surface area contributed by atoms with Gasteiger partial charge in [0.25, 0.3) is 0 Å². The van der Waals surface area contributed by atoms with Gasteiger partial charge in [-0.3, -0.25) is 4.57 Å². The average molecular weight is 274 g/mol. The molecule has 2 heterocycles. The molecule has 0 aliphatic carbocycles. The highest BCUT2D eigenvalue weighted by Gasteiger charge is 2.12. The van der Waals surface area contributed by atoms with E-state index < -0.39 is 0 Å². The van der Waals surface area contributed by atoms with Gasteiger partial charge in [0.2, 0.25) is 0 Å². The molecule has 0 fully saturated rings. The van der Waals surface area contributed by atoms with Gasteiger partial charge in [-0.2, -0.15) is 0 Å². The van der Waals surface area contributed by atoms with E-state index in [2.05, 4.69) is 9.97 Å². The van der Waals surface area contributed by atoms with Crippen molar-refractivity contribution in [2.45, 2.75) is 5.88 Å². The molecule has 0 aliphatic rings. The number of nitrogens with zero attached hydrogens (tertiary/aromatic N) is 3. The van der Waals surface area contributed by atoms with Crippen LogP contribution < -0.4 is 4.74 Å². The number of benzene rings is 1. The van der Waals surface area contributed by atoms with Gasteiger partial charge in [-0.1, -0.05) is 6.07 Å². The highest BCUT2D eigenvalue weighted by atomic mass is 35.5. The van der Waals surface area contributed by atoms with Gasteiger partial charge in [0.15, 0.2) is 5.65 Å². The molecule has 0 unspecified atom stereocenters. The van der Waals surface area contributed by atoms with Crippen molar-refractivity contribution in [2.24, 2.45) is 0 Å². The Morgan fingerprint density at radius 2 is 2.16 bits per heavy atom. The molecule has 0 radical (unpaired) electrons. The fourth-order valence-corrected chi connectivity index (χ4v) is 2.25. The summed E-state index contributed by atoms with van der Waals surface area (Å²) in [5.74, 6) is 1.88. The maximum atomic E-state index is 5.98. The first kappa shape index (κ1) is 12.0. The fourth-order valence-electron chi connectivity index (χ4n) is 2.07. The minimum Gasteiger partial charge on any atom is -0.497 e. The lowest BCUT2D eigenvalue weighted by atomic mass is 10.3. The minimum absolute atomic E-state index is 0.327. The van der Waals surface area contributed by atoms with E-state index in [9.17, 15) is 0 Å². The van der Waals surface area contributed by atoms with Crippen LogP contribution in [-0.4, -0.2) is 21.6 Å². The van der Waals surface area contributed by atoms with E-state index in [0.29, 0.717) is 5.88 Å². The summed E-state index contributed by atoms with van der Waals surface area (Å²) in [6, 6.07) is 11.5. The number of alkyl halides is 1. The van der Waals surface area contributed by atoms with Crippen LogP contribution in [0.25, 0.3) is 16.9 Å². The largest absolute Gasteiger partial charge is 0.497 e. The predicted octanol–water partition coefficient (Wildman–Crippen LogP) is 3.17. The number of aromatic nitrogens is 3. The van der Waals surface area contributed by atoms with Gasteiger partial charge in [-0.25, -0.2) is 9.97 Å². The second-order valence-corrected chi connectivity index (χ2v) is 4.31. The Labute approximate surface area is 115 Å². The smallest absolute Gasteiger partial charge is 0.164 e. The molecule has 0 saturated carbocycles. The van der Waals surface area contributed by atoms with Crippen LogP contribution in [0.5, 0.6) is 5.75 Å². The first-order valence-electron chi connectivity index (χ1n) is 5.86. The molecule has 0 aliphatic heterocycles. The van der Waals surface area contributed by atoms with Crippen LogP contribution in [0.2, 0.25) is 0 Å². The number of pyridine rings is 1. The van der Waals surface area contributed by atoms with Gasteiger partial charge >= 0.3 is 0 Å². The zero-order valence-corrected chi connectivity index (χ0v) is 11.1. The molecule has 3 rings (SSSR count). The summed E-state index contributed by atoms with van der Waals surface area (Å²) in [7, 11) is 1.64. The first-order valence-corrected chi connectivity index (χ1v) is 6.39. The summed E-state index contributed by atoms with van der Waals surface area (Å²) in [4.78, 5) is 8.87. The van der Waals surface area contributed by atoms with E-state index in [0.717, 1.165) is 28.4 Å². The summed E-state index contributed by atoms with van der Waals surface area (Å²) in [5, 5.41) is 0. The van der Waals surface area contributed by atoms with Crippen molar-refractivity contribution in [3.05, 3.63) is 48.4 Å². The molecule has 0 spiro atoms. The molecule has 96 valence electrons. The molecule has 2 aromatic heterocycles. The SMILES string of the molecule is COc1cccc(-n2c(CCl)nc3cccnc32)c1. The number of fused-ring (bicyclic) bond motifs is 1. The molecule has 4 nitrogen and oxygen atoms in total. The van der Waals surface area contributed by atoms with Gasteiger partial charge in [0.05, 0.1) is 18.7 Å². The van der Waals surface area contributed by atoms with Crippen molar-refractivity contribution in [3.63, 3.8) is 0 Å². The Kier molecular flexibility index (Phi) is 3.09. The van der Waals surface area contributed by atoms with E-state index in [-0.39, 0.29) is 0 Å². The maximum absolute atomic E-state index is 5.98. The summed E-state index contributed by atoms with van der Waals surface area (Å²) in [5.41, 5.74) is 2.57. The number of ether oxygens (including phenoxy) is 1. The lowest BCUT2D eigenvalue weighted by molar-refractivity contribution is 0.414. The summed E-state index contributed by atoms with van der Waals surface area (Å²) in [6.45, 7) is 0. The van der Waals surface area contributed by atoms with Gasteiger partial charge in [0.1, 0.15) is 17.1 Å². The Morgan fingerprint density at radius 3 is 2.95 bits per heavy atom. The summed E-state index contributed by atoms with van der Waals surface area (Å²) < 4.78 is 7.20. The molecule has 5 heteroatoms. The normalized spacial score (nSPS) is 10.8. The molecule has 19 heavy (non-hydrogen) atoms. The van der Waals surface area contributed by atoms with Crippen LogP contribution in [0.15, 0.2) is 42.6 Å². The molecule has 3 aromatic rings. The van der Waals surface area contributed by atoms with E-state index in [1.54, 1.807) is 13.3 Å². The van der Waals surface area contributed by atoms with Crippen molar-refractivity contribution >= 4 is 22.8 Å². The highest BCUT2D eigenvalue weighted by Crippen LogP contribution is 2.23. The molecule has 0 bridgehead atoms. The number of imidazole rings is 1. The van der Waals surface area contributed by atoms with Crippen molar-refractivity contribution in [3.8, 4) is 11.4 Å².